The van der Waals surface area contributed by atoms with E-state index in [0.717, 1.165) is 0 Å². The van der Waals surface area contributed by atoms with Crippen molar-refractivity contribution in [1.29, 1.82) is 0 Å². The molecule has 0 saturated heterocycles. The second-order valence-electron chi connectivity index (χ2n) is 7.28. The van der Waals surface area contributed by atoms with E-state index in [0.29, 0.717) is 16.4 Å². The fraction of sp³-hybridized carbons (Fsp3) is 0.174. The van der Waals surface area contributed by atoms with Crippen LogP contribution in [0.5, 0.6) is 11.6 Å². The van der Waals surface area contributed by atoms with Crippen LogP contribution in [0.15, 0.2) is 65.0 Å². The van der Waals surface area contributed by atoms with Crippen LogP contribution in [0.3, 0.4) is 0 Å². The monoisotopic (exact) mass is 479 g/mol. The van der Waals surface area contributed by atoms with Gasteiger partial charge in [-0.05, 0) is 29.8 Å². The molecule has 10 nitrogen and oxygen atoms in total. The minimum absolute atomic E-state index is 0.0174. The molecule has 1 aromatic carbocycles. The molecule has 3 aromatic heterocycles. The minimum Gasteiger partial charge on any atom is -0.497 e. The van der Waals surface area contributed by atoms with Crippen molar-refractivity contribution in [3.8, 4) is 11.6 Å². The van der Waals surface area contributed by atoms with Crippen LogP contribution in [-0.2, 0) is 9.59 Å². The summed E-state index contributed by atoms with van der Waals surface area (Å²) in [5.41, 5.74) is 0.383. The smallest absolute Gasteiger partial charge is 0.265 e. The number of nitrogens with zero attached hydrogens (tertiary/aromatic N) is 3. The number of aromatic hydroxyl groups is 1. The molecule has 0 radical (unpaired) electrons. The second kappa shape index (κ2) is 10.1. The van der Waals surface area contributed by atoms with Gasteiger partial charge in [0.15, 0.2) is 5.13 Å². The number of benzene rings is 1. The fourth-order valence-corrected chi connectivity index (χ4v) is 4.05. The lowest BCUT2D eigenvalue weighted by atomic mass is 9.89. The van der Waals surface area contributed by atoms with Crippen LogP contribution in [-0.4, -0.2) is 44.9 Å². The van der Waals surface area contributed by atoms with E-state index in [4.69, 9.17) is 4.74 Å². The van der Waals surface area contributed by atoms with Crippen molar-refractivity contribution in [2.45, 2.75) is 12.3 Å². The van der Waals surface area contributed by atoms with Crippen molar-refractivity contribution in [3.05, 3.63) is 81.7 Å². The van der Waals surface area contributed by atoms with Crippen molar-refractivity contribution in [2.75, 3.05) is 19.0 Å². The van der Waals surface area contributed by atoms with E-state index in [1.54, 1.807) is 60.2 Å². The largest absolute Gasteiger partial charge is 0.497 e. The number of hydrogen-bond donors (Lipinski definition) is 3. The molecule has 0 saturated carbocycles. The average Bonchev–Trinajstić information content (AvgIpc) is 3.35. The van der Waals surface area contributed by atoms with Crippen molar-refractivity contribution in [2.24, 2.45) is 0 Å². The highest BCUT2D eigenvalue weighted by Gasteiger charge is 2.26. The minimum atomic E-state index is -0.815. The van der Waals surface area contributed by atoms with Crippen molar-refractivity contribution in [1.82, 2.24) is 19.7 Å². The molecule has 3 heterocycles. The lowest BCUT2D eigenvalue weighted by molar-refractivity contribution is -0.124. The maximum absolute atomic E-state index is 13.2. The molecule has 3 N–H and O–H groups in total. The third kappa shape index (κ3) is 5.04. The topological polar surface area (TPSA) is 135 Å². The number of fused-ring (bicyclic) bond motifs is 1. The maximum atomic E-state index is 13.2. The lowest BCUT2D eigenvalue weighted by Gasteiger charge is -2.19. The van der Waals surface area contributed by atoms with E-state index in [1.807, 2.05) is 0 Å². The summed E-state index contributed by atoms with van der Waals surface area (Å²) in [4.78, 5) is 46.2. The van der Waals surface area contributed by atoms with Crippen molar-refractivity contribution >= 4 is 33.9 Å². The third-order valence-electron chi connectivity index (χ3n) is 5.13. The lowest BCUT2D eigenvalue weighted by Crippen LogP contribution is -2.34. The number of amides is 2. The molecule has 34 heavy (non-hydrogen) atoms. The Morgan fingerprint density at radius 1 is 1.18 bits per heavy atom. The standard InChI is InChI=1S/C23H21N5O5S/c1-33-15-7-5-14(6-8-15)16(12-18(29)25-13-19(30)27-23-24-9-11-34-23)20-21(31)26-17-4-2-3-10-28(17)22(20)32/h2-11,16,31H,12-13H2,1H3,(H,25,29)(H,24,27,30). The highest BCUT2D eigenvalue weighted by molar-refractivity contribution is 7.13. The van der Waals surface area contributed by atoms with Gasteiger partial charge in [0.2, 0.25) is 17.7 Å². The normalized spacial score (nSPS) is 11.7. The van der Waals surface area contributed by atoms with Crippen LogP contribution in [0.1, 0.15) is 23.5 Å². The Labute approximate surface area is 197 Å². The predicted molar refractivity (Wildman–Crippen MR) is 126 cm³/mol. The molecule has 0 bridgehead atoms. The molecule has 4 rings (SSSR count). The number of aromatic nitrogens is 3. The summed E-state index contributed by atoms with van der Waals surface area (Å²) in [6, 6.07) is 11.8. The second-order valence-corrected chi connectivity index (χ2v) is 8.17. The quantitative estimate of drug-likeness (QED) is 0.352. The Morgan fingerprint density at radius 3 is 2.68 bits per heavy atom. The van der Waals surface area contributed by atoms with Crippen molar-refractivity contribution in [3.63, 3.8) is 0 Å². The number of pyridine rings is 1. The number of hydrogen-bond acceptors (Lipinski definition) is 8. The first-order valence-corrected chi connectivity index (χ1v) is 11.1. The van der Waals surface area contributed by atoms with Gasteiger partial charge < -0.3 is 20.5 Å². The van der Waals surface area contributed by atoms with Gasteiger partial charge in [-0.2, -0.15) is 4.98 Å². The zero-order valence-corrected chi connectivity index (χ0v) is 18.9. The molecule has 0 aliphatic heterocycles. The molecule has 11 heteroatoms. The van der Waals surface area contributed by atoms with Gasteiger partial charge in [0, 0.05) is 30.1 Å². The van der Waals surface area contributed by atoms with Crippen LogP contribution in [0.2, 0.25) is 0 Å². The van der Waals surface area contributed by atoms with Crippen LogP contribution in [0, 0.1) is 0 Å². The van der Waals surface area contributed by atoms with Gasteiger partial charge in [0.05, 0.1) is 19.2 Å². The number of anilines is 1. The first-order valence-electron chi connectivity index (χ1n) is 10.3. The Balaban J connectivity index is 1.61. The van der Waals surface area contributed by atoms with Crippen LogP contribution < -0.4 is 20.9 Å². The summed E-state index contributed by atoms with van der Waals surface area (Å²) in [6.07, 6.45) is 2.91. The van der Waals surface area contributed by atoms with Gasteiger partial charge in [0.1, 0.15) is 11.4 Å². The molecule has 2 amide bonds. The first-order chi connectivity index (χ1) is 16.5. The summed E-state index contributed by atoms with van der Waals surface area (Å²) >= 11 is 1.26. The average molecular weight is 480 g/mol. The molecule has 1 unspecified atom stereocenters. The van der Waals surface area contributed by atoms with Gasteiger partial charge in [0.25, 0.3) is 5.56 Å². The van der Waals surface area contributed by atoms with Gasteiger partial charge >= 0.3 is 0 Å². The maximum Gasteiger partial charge on any atom is 0.265 e. The van der Waals surface area contributed by atoms with E-state index in [-0.39, 0.29) is 24.2 Å². The van der Waals surface area contributed by atoms with Gasteiger partial charge in [-0.25, -0.2) is 4.98 Å². The number of ether oxygens (including phenoxy) is 1. The van der Waals surface area contributed by atoms with Crippen LogP contribution in [0.4, 0.5) is 5.13 Å². The van der Waals surface area contributed by atoms with Crippen molar-refractivity contribution < 1.29 is 19.4 Å². The Bertz CT molecular complexity index is 1370. The number of thiazole rings is 1. The highest BCUT2D eigenvalue weighted by atomic mass is 32.1. The highest BCUT2D eigenvalue weighted by Crippen LogP contribution is 2.32. The number of carbonyl (C=O) groups excluding carboxylic acids is 2. The van der Waals surface area contributed by atoms with Crippen LogP contribution in [0.25, 0.3) is 5.65 Å². The molecule has 174 valence electrons. The van der Waals surface area contributed by atoms with E-state index in [9.17, 15) is 19.5 Å². The van der Waals surface area contributed by atoms with Crippen LogP contribution >= 0.6 is 11.3 Å². The SMILES string of the molecule is COc1ccc(C(CC(=O)NCC(=O)Nc2nccs2)c2c(O)nc3ccccn3c2=O)cc1. The molecule has 0 fully saturated rings. The zero-order valence-electron chi connectivity index (χ0n) is 18.1. The number of rotatable bonds is 8. The molecule has 0 aliphatic rings. The van der Waals surface area contributed by atoms with E-state index >= 15 is 0 Å². The number of nitrogens with one attached hydrogen (secondary N) is 2. The Hall–Kier alpha value is -4.25. The molecule has 0 spiro atoms. The molecule has 4 aromatic rings. The predicted octanol–water partition coefficient (Wildman–Crippen LogP) is 2.14. The summed E-state index contributed by atoms with van der Waals surface area (Å²) < 4.78 is 6.50. The Morgan fingerprint density at radius 2 is 1.97 bits per heavy atom. The third-order valence-corrected chi connectivity index (χ3v) is 5.82. The van der Waals surface area contributed by atoms with E-state index < -0.39 is 29.2 Å². The number of carbonyl (C=O) groups is 2. The molecular formula is C23H21N5O5S. The summed E-state index contributed by atoms with van der Waals surface area (Å²) in [5, 5.41) is 17.9. The number of methoxy groups -OCH3 is 1. The zero-order chi connectivity index (χ0) is 24.1. The van der Waals surface area contributed by atoms with E-state index in [1.165, 1.54) is 22.8 Å². The summed E-state index contributed by atoms with van der Waals surface area (Å²) in [7, 11) is 1.53. The van der Waals surface area contributed by atoms with Gasteiger partial charge in [-0.15, -0.1) is 11.3 Å². The first kappa shape index (κ1) is 22.9. The molecule has 1 atom stereocenters. The molecule has 0 aliphatic carbocycles. The molecular weight excluding hydrogens is 458 g/mol. The van der Waals surface area contributed by atoms with E-state index in [2.05, 4.69) is 20.6 Å². The van der Waals surface area contributed by atoms with Gasteiger partial charge in [-0.1, -0.05) is 18.2 Å². The van der Waals surface area contributed by atoms with Gasteiger partial charge in [-0.3, -0.25) is 18.8 Å². The summed E-state index contributed by atoms with van der Waals surface area (Å²) in [5.74, 6) is -1.58. The fourth-order valence-electron chi connectivity index (χ4n) is 3.50. The summed E-state index contributed by atoms with van der Waals surface area (Å²) in [6.45, 7) is -0.269. The Kier molecular flexibility index (Phi) is 6.83.